The molecule has 2 aromatic rings. The van der Waals surface area contributed by atoms with E-state index in [-0.39, 0.29) is 6.10 Å². The summed E-state index contributed by atoms with van der Waals surface area (Å²) < 4.78 is 7.71. The molecule has 0 radical (unpaired) electrons. The highest BCUT2D eigenvalue weighted by Gasteiger charge is 2.08. The second-order valence-corrected chi connectivity index (χ2v) is 4.64. The van der Waals surface area contributed by atoms with E-state index in [0.29, 0.717) is 6.61 Å². The molecule has 0 aliphatic rings. The van der Waals surface area contributed by atoms with Crippen molar-refractivity contribution >= 4 is 22.5 Å². The van der Waals surface area contributed by atoms with Gasteiger partial charge in [0.05, 0.1) is 23.3 Å². The number of hydrogen-bond acceptors (Lipinski definition) is 1. The summed E-state index contributed by atoms with van der Waals surface area (Å²) in [4.78, 5) is 0. The van der Waals surface area contributed by atoms with Gasteiger partial charge in [0.25, 0.3) is 0 Å². The molecule has 0 saturated heterocycles. The molecular weight excluding hydrogens is 222 g/mol. The fourth-order valence-corrected chi connectivity index (χ4v) is 2.12. The van der Waals surface area contributed by atoms with E-state index in [1.165, 1.54) is 0 Å². The van der Waals surface area contributed by atoms with E-state index in [1.54, 1.807) is 0 Å². The molecule has 0 atom stereocenters. The number of rotatable bonds is 3. The van der Waals surface area contributed by atoms with Crippen LogP contribution in [-0.4, -0.2) is 10.7 Å². The first kappa shape index (κ1) is 11.5. The number of hydrogen-bond donors (Lipinski definition) is 0. The molecule has 0 amide bonds. The number of halogens is 1. The highest BCUT2D eigenvalue weighted by molar-refractivity contribution is 6.35. The summed E-state index contributed by atoms with van der Waals surface area (Å²) in [5.74, 6) is 0. The van der Waals surface area contributed by atoms with Crippen molar-refractivity contribution in [3.8, 4) is 0 Å². The third-order valence-electron chi connectivity index (χ3n) is 2.67. The van der Waals surface area contributed by atoms with Crippen molar-refractivity contribution in [3.05, 3.63) is 35.0 Å². The third kappa shape index (κ3) is 2.08. The molecule has 0 N–H and O–H groups in total. The normalized spacial score (nSPS) is 11.6. The predicted molar refractivity (Wildman–Crippen MR) is 67.9 cm³/mol. The minimum absolute atomic E-state index is 0.244. The van der Waals surface area contributed by atoms with E-state index in [0.717, 1.165) is 21.6 Å². The summed E-state index contributed by atoms with van der Waals surface area (Å²) in [5, 5.41) is 1.95. The van der Waals surface area contributed by atoms with Gasteiger partial charge < -0.3 is 9.30 Å². The van der Waals surface area contributed by atoms with Crippen molar-refractivity contribution < 1.29 is 4.74 Å². The van der Waals surface area contributed by atoms with Gasteiger partial charge in [0.15, 0.2) is 0 Å². The minimum Gasteiger partial charge on any atom is -0.373 e. The number of para-hydroxylation sites is 1. The summed E-state index contributed by atoms with van der Waals surface area (Å²) in [5.41, 5.74) is 2.23. The van der Waals surface area contributed by atoms with Gasteiger partial charge in [0.2, 0.25) is 0 Å². The molecular formula is C13H16ClNO. The van der Waals surface area contributed by atoms with Crippen LogP contribution >= 0.6 is 11.6 Å². The van der Waals surface area contributed by atoms with Crippen LogP contribution in [0, 0.1) is 0 Å². The Morgan fingerprint density at radius 2 is 2.12 bits per heavy atom. The third-order valence-corrected chi connectivity index (χ3v) is 2.98. The Labute approximate surface area is 101 Å². The van der Waals surface area contributed by atoms with Crippen molar-refractivity contribution in [2.24, 2.45) is 7.05 Å². The van der Waals surface area contributed by atoms with Crippen LogP contribution in [0.5, 0.6) is 0 Å². The Bertz CT molecular complexity index is 502. The number of fused-ring (bicyclic) bond motifs is 1. The van der Waals surface area contributed by atoms with Crippen molar-refractivity contribution in [1.82, 2.24) is 4.57 Å². The molecule has 0 aliphatic heterocycles. The average molecular weight is 238 g/mol. The van der Waals surface area contributed by atoms with Gasteiger partial charge in [-0.1, -0.05) is 23.7 Å². The van der Waals surface area contributed by atoms with Crippen molar-refractivity contribution in [1.29, 1.82) is 0 Å². The average Bonchev–Trinajstić information content (AvgIpc) is 2.54. The largest absolute Gasteiger partial charge is 0.373 e. The zero-order valence-electron chi connectivity index (χ0n) is 9.83. The number of ether oxygens (including phenoxy) is 1. The molecule has 2 rings (SSSR count). The van der Waals surface area contributed by atoms with E-state index in [2.05, 4.69) is 16.7 Å². The lowest BCUT2D eigenvalue weighted by molar-refractivity contribution is 0.0624. The van der Waals surface area contributed by atoms with Crippen LogP contribution in [0.25, 0.3) is 10.9 Å². The van der Waals surface area contributed by atoms with Crippen molar-refractivity contribution in [2.45, 2.75) is 26.6 Å². The fourth-order valence-electron chi connectivity index (χ4n) is 1.81. The molecule has 1 aromatic heterocycles. The SMILES string of the molecule is CC(C)OCc1cc2cccc(Cl)c2n1C. The Morgan fingerprint density at radius 1 is 1.38 bits per heavy atom. The van der Waals surface area contributed by atoms with Crippen LogP contribution in [0.1, 0.15) is 19.5 Å². The lowest BCUT2D eigenvalue weighted by Crippen LogP contribution is -2.05. The number of aryl methyl sites for hydroxylation is 1. The molecule has 16 heavy (non-hydrogen) atoms. The van der Waals surface area contributed by atoms with Gasteiger partial charge in [0.1, 0.15) is 0 Å². The zero-order chi connectivity index (χ0) is 11.7. The maximum atomic E-state index is 6.18. The molecule has 86 valence electrons. The van der Waals surface area contributed by atoms with Crippen LogP contribution in [0.15, 0.2) is 24.3 Å². The molecule has 1 aromatic carbocycles. The van der Waals surface area contributed by atoms with E-state index in [9.17, 15) is 0 Å². The summed E-state index contributed by atoms with van der Waals surface area (Å²) >= 11 is 6.18. The van der Waals surface area contributed by atoms with Gasteiger partial charge in [-0.15, -0.1) is 0 Å². The van der Waals surface area contributed by atoms with Crippen LogP contribution in [0.4, 0.5) is 0 Å². The summed E-state index contributed by atoms with van der Waals surface area (Å²) in [6.45, 7) is 4.70. The molecule has 0 spiro atoms. The first-order valence-corrected chi connectivity index (χ1v) is 5.82. The number of benzene rings is 1. The topological polar surface area (TPSA) is 14.2 Å². The molecule has 3 heteroatoms. The zero-order valence-corrected chi connectivity index (χ0v) is 10.6. The van der Waals surface area contributed by atoms with Gasteiger partial charge in [-0.2, -0.15) is 0 Å². The Hall–Kier alpha value is -0.990. The highest BCUT2D eigenvalue weighted by atomic mass is 35.5. The Kier molecular flexibility index (Phi) is 3.22. The maximum absolute atomic E-state index is 6.18. The standard InChI is InChI=1S/C13H16ClNO/c1-9(2)16-8-11-7-10-5-4-6-12(14)13(10)15(11)3/h4-7,9H,8H2,1-3H3. The fraction of sp³-hybridized carbons (Fsp3) is 0.385. The minimum atomic E-state index is 0.244. The molecule has 0 saturated carbocycles. The quantitative estimate of drug-likeness (QED) is 0.793. The van der Waals surface area contributed by atoms with Crippen LogP contribution < -0.4 is 0 Å². The summed E-state index contributed by atoms with van der Waals surface area (Å²) in [6, 6.07) is 8.08. The van der Waals surface area contributed by atoms with E-state index >= 15 is 0 Å². The molecule has 0 aliphatic carbocycles. The van der Waals surface area contributed by atoms with Crippen molar-refractivity contribution in [2.75, 3.05) is 0 Å². The monoisotopic (exact) mass is 237 g/mol. The lowest BCUT2D eigenvalue weighted by Gasteiger charge is -2.08. The van der Waals surface area contributed by atoms with Crippen LogP contribution in [0.2, 0.25) is 5.02 Å². The van der Waals surface area contributed by atoms with E-state index in [4.69, 9.17) is 16.3 Å². The molecule has 2 nitrogen and oxygen atoms in total. The smallest absolute Gasteiger partial charge is 0.0871 e. The van der Waals surface area contributed by atoms with Gasteiger partial charge in [-0.05, 0) is 26.0 Å². The van der Waals surface area contributed by atoms with Crippen molar-refractivity contribution in [3.63, 3.8) is 0 Å². The Balaban J connectivity index is 2.40. The Morgan fingerprint density at radius 3 is 2.75 bits per heavy atom. The molecule has 1 heterocycles. The van der Waals surface area contributed by atoms with Crippen LogP contribution in [-0.2, 0) is 18.4 Å². The van der Waals surface area contributed by atoms with Crippen LogP contribution in [0.3, 0.4) is 0 Å². The first-order valence-electron chi connectivity index (χ1n) is 5.44. The summed E-state index contributed by atoms with van der Waals surface area (Å²) in [6.07, 6.45) is 0.244. The van der Waals surface area contributed by atoms with E-state index < -0.39 is 0 Å². The molecule has 0 fully saturated rings. The van der Waals surface area contributed by atoms with Gasteiger partial charge >= 0.3 is 0 Å². The van der Waals surface area contributed by atoms with Gasteiger partial charge in [-0.25, -0.2) is 0 Å². The van der Waals surface area contributed by atoms with Gasteiger partial charge in [-0.3, -0.25) is 0 Å². The first-order chi connectivity index (χ1) is 7.59. The predicted octanol–water partition coefficient (Wildman–Crippen LogP) is 3.76. The molecule has 0 bridgehead atoms. The summed E-state index contributed by atoms with van der Waals surface area (Å²) in [7, 11) is 2.02. The second kappa shape index (κ2) is 4.48. The number of nitrogens with zero attached hydrogens (tertiary/aromatic N) is 1. The van der Waals surface area contributed by atoms with Gasteiger partial charge in [0, 0.05) is 18.1 Å². The second-order valence-electron chi connectivity index (χ2n) is 4.23. The highest BCUT2D eigenvalue weighted by Crippen LogP contribution is 2.26. The van der Waals surface area contributed by atoms with E-state index in [1.807, 2.05) is 33.0 Å². The lowest BCUT2D eigenvalue weighted by atomic mass is 10.2. The maximum Gasteiger partial charge on any atom is 0.0871 e. The number of aromatic nitrogens is 1. The molecule has 0 unspecified atom stereocenters.